The molecule has 9 heteroatoms. The van der Waals surface area contributed by atoms with Crippen molar-refractivity contribution < 1.29 is 24.9 Å². The van der Waals surface area contributed by atoms with Crippen molar-refractivity contribution in [2.75, 3.05) is 6.61 Å². The first-order valence-corrected chi connectivity index (χ1v) is 2.96. The minimum Gasteiger partial charge on any atom is -0.382 e. The highest BCUT2D eigenvalue weighted by molar-refractivity contribution is 5.57. The van der Waals surface area contributed by atoms with Gasteiger partial charge in [-0.05, 0) is 0 Å². The molecule has 1 unspecified atom stereocenters. The van der Waals surface area contributed by atoms with Crippen LogP contribution in [-0.2, 0) is 4.79 Å². The van der Waals surface area contributed by atoms with Gasteiger partial charge in [-0.1, -0.05) is 0 Å². The quantitative estimate of drug-likeness (QED) is 0.218. The van der Waals surface area contributed by atoms with Gasteiger partial charge in [0.05, 0.1) is 0 Å². The van der Waals surface area contributed by atoms with Gasteiger partial charge in [0.25, 0.3) is 6.10 Å². The van der Waals surface area contributed by atoms with Gasteiger partial charge in [-0.2, -0.15) is 0 Å². The first kappa shape index (κ1) is 11.4. The maximum Gasteiger partial charge on any atom is 0.511 e. The lowest BCUT2D eigenvalue weighted by molar-refractivity contribution is -0.805. The molecule has 1 atom stereocenters. The minimum absolute atomic E-state index is 0.373. The summed E-state index contributed by atoms with van der Waals surface area (Å²) < 4.78 is 0. The fourth-order valence-electron chi connectivity index (χ4n) is 0.601. The molecule has 0 aliphatic rings. The number of hydrogen-bond acceptors (Lipinski definition) is 7. The van der Waals surface area contributed by atoms with Crippen LogP contribution in [0.3, 0.4) is 0 Å². The summed E-state index contributed by atoms with van der Waals surface area (Å²) in [4.78, 5) is 27.3. The molecule has 0 bridgehead atoms. The number of nitrogens with zero attached hydrogens (tertiary/aromatic N) is 2. The van der Waals surface area contributed by atoms with Gasteiger partial charge in [-0.25, -0.2) is 0 Å². The molecule has 13 heavy (non-hydrogen) atoms. The van der Waals surface area contributed by atoms with Crippen molar-refractivity contribution in [1.82, 2.24) is 0 Å². The van der Waals surface area contributed by atoms with Gasteiger partial charge in [0, 0.05) is 0 Å². The smallest absolute Gasteiger partial charge is 0.382 e. The molecule has 0 spiro atoms. The van der Waals surface area contributed by atoms with Gasteiger partial charge in [0.1, 0.15) is 9.85 Å². The van der Waals surface area contributed by atoms with Crippen molar-refractivity contribution in [3.63, 3.8) is 0 Å². The maximum atomic E-state index is 10.2. The van der Waals surface area contributed by atoms with E-state index in [-0.39, 0.29) is 6.29 Å². The Balaban J connectivity index is 5.21. The second-order valence-corrected chi connectivity index (χ2v) is 2.13. The second-order valence-electron chi connectivity index (χ2n) is 2.13. The summed E-state index contributed by atoms with van der Waals surface area (Å²) in [6, 6.07) is 0. The topological polar surface area (TPSA) is 144 Å². The fraction of sp³-hybridized carbons (Fsp3) is 0.750. The molecule has 74 valence electrons. The lowest BCUT2D eigenvalue weighted by atomic mass is 10.1. The molecule has 0 fully saturated rings. The predicted molar refractivity (Wildman–Crippen MR) is 35.9 cm³/mol. The van der Waals surface area contributed by atoms with Crippen LogP contribution in [-0.4, -0.2) is 44.7 Å². The summed E-state index contributed by atoms with van der Waals surface area (Å²) in [7, 11) is 0. The van der Waals surface area contributed by atoms with E-state index in [0.29, 0.717) is 0 Å². The number of carbonyl (C=O) groups is 1. The van der Waals surface area contributed by atoms with Crippen LogP contribution >= 0.6 is 0 Å². The zero-order chi connectivity index (χ0) is 10.6. The van der Waals surface area contributed by atoms with Crippen molar-refractivity contribution in [2.24, 2.45) is 0 Å². The second kappa shape index (κ2) is 3.87. The van der Waals surface area contributed by atoms with E-state index in [1.165, 1.54) is 0 Å². The molecule has 0 radical (unpaired) electrons. The van der Waals surface area contributed by atoms with Gasteiger partial charge >= 0.3 is 5.66 Å². The van der Waals surface area contributed by atoms with Crippen molar-refractivity contribution in [3.8, 4) is 0 Å². The summed E-state index contributed by atoms with van der Waals surface area (Å²) >= 11 is 0. The van der Waals surface area contributed by atoms with Gasteiger partial charge in [-0.3, -0.25) is 25.0 Å². The van der Waals surface area contributed by atoms with Crippen LogP contribution in [0.4, 0.5) is 0 Å². The highest BCUT2D eigenvalue weighted by atomic mass is 16.7. The van der Waals surface area contributed by atoms with Gasteiger partial charge in [0.2, 0.25) is 0 Å². The molecule has 0 aromatic carbocycles. The average Bonchev–Trinajstić information content (AvgIpc) is 2.04. The number of aliphatic hydroxyl groups is 2. The molecule has 0 amide bonds. The average molecular weight is 194 g/mol. The molecule has 9 nitrogen and oxygen atoms in total. The highest BCUT2D eigenvalue weighted by Crippen LogP contribution is 2.14. The van der Waals surface area contributed by atoms with E-state index in [1.807, 2.05) is 0 Å². The Morgan fingerprint density at radius 2 is 1.77 bits per heavy atom. The molecular weight excluding hydrogens is 188 g/mol. The Morgan fingerprint density at radius 1 is 1.38 bits per heavy atom. The van der Waals surface area contributed by atoms with E-state index in [4.69, 9.17) is 10.2 Å². The van der Waals surface area contributed by atoms with E-state index < -0.39 is 28.2 Å². The minimum atomic E-state index is -3.26. The van der Waals surface area contributed by atoms with Crippen molar-refractivity contribution >= 4 is 6.29 Å². The van der Waals surface area contributed by atoms with E-state index >= 15 is 0 Å². The van der Waals surface area contributed by atoms with Crippen LogP contribution in [0.1, 0.15) is 0 Å². The molecule has 0 saturated heterocycles. The van der Waals surface area contributed by atoms with E-state index in [0.717, 1.165) is 0 Å². The summed E-state index contributed by atoms with van der Waals surface area (Å²) in [5, 5.41) is 37.5. The van der Waals surface area contributed by atoms with Crippen LogP contribution in [0.25, 0.3) is 0 Å². The third kappa shape index (κ3) is 1.60. The van der Waals surface area contributed by atoms with E-state index in [2.05, 4.69) is 0 Å². The monoisotopic (exact) mass is 194 g/mol. The molecule has 0 aliphatic heterocycles. The van der Waals surface area contributed by atoms with Crippen LogP contribution < -0.4 is 0 Å². The van der Waals surface area contributed by atoms with E-state index in [9.17, 15) is 25.0 Å². The van der Waals surface area contributed by atoms with Crippen LogP contribution in [0, 0.1) is 20.2 Å². The van der Waals surface area contributed by atoms with Crippen molar-refractivity contribution in [3.05, 3.63) is 20.2 Å². The summed E-state index contributed by atoms with van der Waals surface area (Å²) in [6.45, 7) is -1.56. The molecule has 0 aromatic heterocycles. The Morgan fingerprint density at radius 3 is 1.85 bits per heavy atom. The van der Waals surface area contributed by atoms with Gasteiger partial charge in [-0.15, -0.1) is 0 Å². The van der Waals surface area contributed by atoms with Crippen molar-refractivity contribution in [2.45, 2.75) is 11.8 Å². The van der Waals surface area contributed by atoms with Crippen LogP contribution in [0.2, 0.25) is 0 Å². The third-order valence-corrected chi connectivity index (χ3v) is 1.47. The highest BCUT2D eigenvalue weighted by Gasteiger charge is 2.62. The largest absolute Gasteiger partial charge is 0.511 e. The van der Waals surface area contributed by atoms with Gasteiger partial charge < -0.3 is 10.2 Å². The zero-order valence-electron chi connectivity index (χ0n) is 6.19. The Hall–Kier alpha value is -1.61. The molecular formula is C4H6N2O7. The van der Waals surface area contributed by atoms with Crippen LogP contribution in [0.15, 0.2) is 0 Å². The Bertz CT molecular complexity index is 225. The zero-order valence-corrected chi connectivity index (χ0v) is 6.19. The molecule has 0 aliphatic carbocycles. The normalized spacial score (nSPS) is 13.4. The predicted octanol–water partition coefficient (Wildman–Crippen LogP) is -2.21. The van der Waals surface area contributed by atoms with Crippen LogP contribution in [0.5, 0.6) is 0 Å². The summed E-state index contributed by atoms with van der Waals surface area (Å²) in [5.74, 6) is 0. The first-order valence-electron chi connectivity index (χ1n) is 2.96. The molecule has 2 N–H and O–H groups in total. The number of hydrogen-bond donors (Lipinski definition) is 2. The number of carbonyl (C=O) groups excluding carboxylic acids is 1. The first-order chi connectivity index (χ1) is 5.93. The lowest BCUT2D eigenvalue weighted by Gasteiger charge is -2.15. The number of aliphatic hydroxyl groups excluding tert-OH is 2. The summed E-state index contributed by atoms with van der Waals surface area (Å²) in [6.07, 6.45) is -2.86. The molecule has 0 saturated carbocycles. The maximum absolute atomic E-state index is 10.2. The molecule has 0 heterocycles. The SMILES string of the molecule is O=CC(O)C(CO)([N+](=O)[O-])[N+](=O)[O-]. The van der Waals surface area contributed by atoms with E-state index in [1.54, 1.807) is 0 Å². The number of aldehydes is 1. The Labute approximate surface area is 70.9 Å². The number of nitro groups is 2. The lowest BCUT2D eigenvalue weighted by Crippen LogP contribution is -2.59. The third-order valence-electron chi connectivity index (χ3n) is 1.47. The summed E-state index contributed by atoms with van der Waals surface area (Å²) in [5.41, 5.74) is -3.26. The molecule has 0 rings (SSSR count). The molecule has 0 aromatic rings. The Kier molecular flexibility index (Phi) is 3.39. The fourth-order valence-corrected chi connectivity index (χ4v) is 0.601. The standard InChI is InChI=1S/C4H6N2O7/c7-1-3(9)4(2-8,5(10)11)6(12)13/h1,3,8-9H,2H2. The van der Waals surface area contributed by atoms with Gasteiger partial charge in [0.15, 0.2) is 12.9 Å². The van der Waals surface area contributed by atoms with Crippen molar-refractivity contribution in [1.29, 1.82) is 0 Å². The number of rotatable bonds is 5.